The summed E-state index contributed by atoms with van der Waals surface area (Å²) in [6, 6.07) is 7.15. The van der Waals surface area contributed by atoms with Gasteiger partial charge in [-0.25, -0.2) is 0 Å². The molecule has 98 valence electrons. The minimum Gasteiger partial charge on any atom is -0.395 e. The third kappa shape index (κ3) is 3.45. The molecule has 1 aliphatic heterocycles. The quantitative estimate of drug-likeness (QED) is 0.875. The van der Waals surface area contributed by atoms with Crippen LogP contribution in [-0.4, -0.2) is 41.7 Å². The Kier molecular flexibility index (Phi) is 4.58. The lowest BCUT2D eigenvalue weighted by atomic mass is 10.2. The fourth-order valence-electron chi connectivity index (χ4n) is 2.23. The van der Waals surface area contributed by atoms with Crippen LogP contribution in [0.5, 0.6) is 0 Å². The SMILES string of the molecule is O=C(CN1CCC[C@@H]1CO)Nc1ccc(Cl)cc1. The van der Waals surface area contributed by atoms with Gasteiger partial charge < -0.3 is 10.4 Å². The molecule has 2 N–H and O–H groups in total. The average molecular weight is 269 g/mol. The Morgan fingerprint density at radius 3 is 2.83 bits per heavy atom. The van der Waals surface area contributed by atoms with Crippen LogP contribution >= 0.6 is 11.6 Å². The number of halogens is 1. The monoisotopic (exact) mass is 268 g/mol. The summed E-state index contributed by atoms with van der Waals surface area (Å²) in [5, 5.41) is 12.6. The molecule has 1 heterocycles. The van der Waals surface area contributed by atoms with Crippen LogP contribution in [0.15, 0.2) is 24.3 Å². The number of aliphatic hydroxyl groups is 1. The lowest BCUT2D eigenvalue weighted by molar-refractivity contribution is -0.117. The molecule has 0 radical (unpaired) electrons. The van der Waals surface area contributed by atoms with E-state index < -0.39 is 0 Å². The Bertz CT molecular complexity index is 408. The lowest BCUT2D eigenvalue weighted by Gasteiger charge is -2.21. The molecule has 1 aromatic carbocycles. The predicted molar refractivity (Wildman–Crippen MR) is 71.8 cm³/mol. The first-order valence-corrected chi connectivity index (χ1v) is 6.47. The molecule has 1 aliphatic rings. The number of rotatable bonds is 4. The second-order valence-corrected chi connectivity index (χ2v) is 4.94. The van der Waals surface area contributed by atoms with E-state index in [9.17, 15) is 9.90 Å². The normalized spacial score (nSPS) is 20.0. The van der Waals surface area contributed by atoms with Crippen molar-refractivity contribution in [3.05, 3.63) is 29.3 Å². The zero-order valence-corrected chi connectivity index (χ0v) is 10.9. The van der Waals surface area contributed by atoms with Crippen molar-refractivity contribution in [3.63, 3.8) is 0 Å². The number of likely N-dealkylation sites (tertiary alicyclic amines) is 1. The van der Waals surface area contributed by atoms with Crippen LogP contribution < -0.4 is 5.32 Å². The van der Waals surface area contributed by atoms with Crippen molar-refractivity contribution >= 4 is 23.2 Å². The van der Waals surface area contributed by atoms with E-state index in [1.807, 2.05) is 4.90 Å². The number of anilines is 1. The fraction of sp³-hybridized carbons (Fsp3) is 0.462. The number of carbonyl (C=O) groups is 1. The van der Waals surface area contributed by atoms with Crippen LogP contribution in [0.25, 0.3) is 0 Å². The van der Waals surface area contributed by atoms with E-state index in [0.29, 0.717) is 11.6 Å². The van der Waals surface area contributed by atoms with E-state index in [-0.39, 0.29) is 18.6 Å². The summed E-state index contributed by atoms with van der Waals surface area (Å²) in [6.45, 7) is 1.32. The van der Waals surface area contributed by atoms with Crippen molar-refractivity contribution in [2.75, 3.05) is 25.0 Å². The van der Waals surface area contributed by atoms with E-state index >= 15 is 0 Å². The molecule has 0 unspecified atom stereocenters. The van der Waals surface area contributed by atoms with Gasteiger partial charge in [0.15, 0.2) is 0 Å². The number of benzene rings is 1. The maximum absolute atomic E-state index is 11.8. The highest BCUT2D eigenvalue weighted by Crippen LogP contribution is 2.17. The van der Waals surface area contributed by atoms with Gasteiger partial charge in [0.2, 0.25) is 5.91 Å². The highest BCUT2D eigenvalue weighted by Gasteiger charge is 2.25. The summed E-state index contributed by atoms with van der Waals surface area (Å²) in [6.07, 6.45) is 2.00. The largest absolute Gasteiger partial charge is 0.395 e. The molecule has 0 aliphatic carbocycles. The van der Waals surface area contributed by atoms with Crippen LogP contribution in [0.3, 0.4) is 0 Å². The van der Waals surface area contributed by atoms with Crippen LogP contribution in [-0.2, 0) is 4.79 Å². The van der Waals surface area contributed by atoms with Gasteiger partial charge >= 0.3 is 0 Å². The molecule has 0 spiro atoms. The van der Waals surface area contributed by atoms with Crippen molar-refractivity contribution < 1.29 is 9.90 Å². The topological polar surface area (TPSA) is 52.6 Å². The van der Waals surface area contributed by atoms with Gasteiger partial charge in [-0.15, -0.1) is 0 Å². The summed E-state index contributed by atoms with van der Waals surface area (Å²) in [4.78, 5) is 13.9. The number of carbonyl (C=O) groups excluding carboxylic acids is 1. The van der Waals surface area contributed by atoms with Gasteiger partial charge in [0.05, 0.1) is 13.2 Å². The molecule has 0 bridgehead atoms. The van der Waals surface area contributed by atoms with Gasteiger partial charge in [-0.05, 0) is 43.7 Å². The van der Waals surface area contributed by atoms with Crippen LogP contribution in [0.1, 0.15) is 12.8 Å². The van der Waals surface area contributed by atoms with Gasteiger partial charge in [-0.3, -0.25) is 9.69 Å². The Morgan fingerprint density at radius 2 is 2.17 bits per heavy atom. The Morgan fingerprint density at radius 1 is 1.44 bits per heavy atom. The molecule has 1 aromatic rings. The van der Waals surface area contributed by atoms with Crippen LogP contribution in [0, 0.1) is 0 Å². The van der Waals surface area contributed by atoms with E-state index in [4.69, 9.17) is 11.6 Å². The van der Waals surface area contributed by atoms with Gasteiger partial charge in [-0.2, -0.15) is 0 Å². The van der Waals surface area contributed by atoms with E-state index in [0.717, 1.165) is 25.1 Å². The molecule has 1 fully saturated rings. The lowest BCUT2D eigenvalue weighted by Crippen LogP contribution is -2.38. The molecule has 0 aromatic heterocycles. The predicted octanol–water partition coefficient (Wildman–Crippen LogP) is 1.74. The molecule has 1 saturated heterocycles. The zero-order valence-electron chi connectivity index (χ0n) is 10.1. The van der Waals surface area contributed by atoms with E-state index in [1.54, 1.807) is 24.3 Å². The highest BCUT2D eigenvalue weighted by molar-refractivity contribution is 6.30. The molecule has 0 saturated carbocycles. The van der Waals surface area contributed by atoms with Gasteiger partial charge in [0.25, 0.3) is 0 Å². The Labute approximate surface area is 112 Å². The van der Waals surface area contributed by atoms with Gasteiger partial charge in [0.1, 0.15) is 0 Å². The summed E-state index contributed by atoms with van der Waals surface area (Å²) in [5.41, 5.74) is 0.740. The molecule has 18 heavy (non-hydrogen) atoms. The molecule has 2 rings (SSSR count). The smallest absolute Gasteiger partial charge is 0.238 e. The summed E-state index contributed by atoms with van der Waals surface area (Å²) in [5.74, 6) is -0.0577. The van der Waals surface area contributed by atoms with Crippen molar-refractivity contribution in [2.24, 2.45) is 0 Å². The second-order valence-electron chi connectivity index (χ2n) is 4.50. The number of aliphatic hydroxyl groups excluding tert-OH is 1. The van der Waals surface area contributed by atoms with Crippen molar-refractivity contribution in [2.45, 2.75) is 18.9 Å². The minimum atomic E-state index is -0.0577. The summed E-state index contributed by atoms with van der Waals surface area (Å²) in [7, 11) is 0. The number of amides is 1. The van der Waals surface area contributed by atoms with Crippen molar-refractivity contribution in [1.29, 1.82) is 0 Å². The summed E-state index contributed by atoms with van der Waals surface area (Å²) < 4.78 is 0. The maximum atomic E-state index is 11.8. The second kappa shape index (κ2) is 6.18. The standard InChI is InChI=1S/C13H17ClN2O2/c14-10-3-5-11(6-4-10)15-13(18)8-16-7-1-2-12(16)9-17/h3-6,12,17H,1-2,7-9H2,(H,15,18)/t12-/m1/s1. The van der Waals surface area contributed by atoms with Gasteiger partial charge in [0, 0.05) is 16.8 Å². The fourth-order valence-corrected chi connectivity index (χ4v) is 2.35. The molecule has 1 atom stereocenters. The van der Waals surface area contributed by atoms with Crippen LogP contribution in [0.2, 0.25) is 5.02 Å². The van der Waals surface area contributed by atoms with Crippen molar-refractivity contribution in [3.8, 4) is 0 Å². The first kappa shape index (κ1) is 13.3. The first-order chi connectivity index (χ1) is 8.69. The van der Waals surface area contributed by atoms with E-state index in [2.05, 4.69) is 5.32 Å². The number of nitrogens with one attached hydrogen (secondary N) is 1. The Balaban J connectivity index is 1.86. The molecular formula is C13H17ClN2O2. The van der Waals surface area contributed by atoms with Gasteiger partial charge in [-0.1, -0.05) is 11.6 Å². The number of hydrogen-bond acceptors (Lipinski definition) is 3. The Hall–Kier alpha value is -1.10. The highest BCUT2D eigenvalue weighted by atomic mass is 35.5. The van der Waals surface area contributed by atoms with Crippen LogP contribution in [0.4, 0.5) is 5.69 Å². The van der Waals surface area contributed by atoms with Crippen molar-refractivity contribution in [1.82, 2.24) is 4.90 Å². The molecule has 1 amide bonds. The molecular weight excluding hydrogens is 252 g/mol. The first-order valence-electron chi connectivity index (χ1n) is 6.09. The molecule has 4 nitrogen and oxygen atoms in total. The van der Waals surface area contributed by atoms with E-state index in [1.165, 1.54) is 0 Å². The minimum absolute atomic E-state index is 0.0577. The third-order valence-corrected chi connectivity index (χ3v) is 3.44. The summed E-state index contributed by atoms with van der Waals surface area (Å²) >= 11 is 5.77. The average Bonchev–Trinajstić information content (AvgIpc) is 2.79. The zero-order chi connectivity index (χ0) is 13.0. The number of nitrogens with zero attached hydrogens (tertiary/aromatic N) is 1. The number of hydrogen-bond donors (Lipinski definition) is 2. The maximum Gasteiger partial charge on any atom is 0.238 e. The molecule has 5 heteroatoms. The third-order valence-electron chi connectivity index (χ3n) is 3.18.